The molecule has 2 aliphatic heterocycles. The van der Waals surface area contributed by atoms with Crippen molar-refractivity contribution in [2.24, 2.45) is 0 Å². The fourth-order valence-corrected chi connectivity index (χ4v) is 10.1. The molecular formula is C68H70O11. The molecule has 2 aliphatic rings. The molecule has 11 nitrogen and oxygen atoms in total. The summed E-state index contributed by atoms with van der Waals surface area (Å²) in [7, 11) is 1.62. The zero-order valence-corrected chi connectivity index (χ0v) is 44.6. The van der Waals surface area contributed by atoms with Crippen LogP contribution in [0.1, 0.15) is 50.6 Å². The van der Waals surface area contributed by atoms with Crippen molar-refractivity contribution in [3.8, 4) is 0 Å². The summed E-state index contributed by atoms with van der Waals surface area (Å²) in [6.07, 6.45) is -8.55. The van der Waals surface area contributed by atoms with Crippen LogP contribution in [0.25, 0.3) is 0 Å². The smallest absolute Gasteiger partial charge is 0.187 e. The highest BCUT2D eigenvalue weighted by Gasteiger charge is 2.53. The molecule has 11 heteroatoms. The molecule has 8 aromatic carbocycles. The first kappa shape index (κ1) is 55.6. The molecule has 0 aromatic heterocycles. The van der Waals surface area contributed by atoms with Crippen molar-refractivity contribution in [1.29, 1.82) is 0 Å². The minimum atomic E-state index is -1.08. The first-order valence-corrected chi connectivity index (χ1v) is 27.2. The van der Waals surface area contributed by atoms with Crippen LogP contribution in [0.5, 0.6) is 0 Å². The van der Waals surface area contributed by atoms with Crippen molar-refractivity contribution in [1.82, 2.24) is 0 Å². The van der Waals surface area contributed by atoms with E-state index >= 15 is 0 Å². The largest absolute Gasteiger partial charge is 0.374 e. The second-order valence-corrected chi connectivity index (χ2v) is 19.8. The van der Waals surface area contributed by atoms with Gasteiger partial charge < -0.3 is 52.1 Å². The highest BCUT2D eigenvalue weighted by Crippen LogP contribution is 2.38. The van der Waals surface area contributed by atoms with E-state index in [-0.39, 0.29) is 46.2 Å². The van der Waals surface area contributed by atoms with E-state index in [9.17, 15) is 0 Å². The number of benzene rings is 8. The zero-order valence-electron chi connectivity index (χ0n) is 44.6. The third-order valence-electron chi connectivity index (χ3n) is 14.2. The summed E-state index contributed by atoms with van der Waals surface area (Å²) in [5.74, 6) is 0. The lowest BCUT2D eigenvalue weighted by Gasteiger charge is -2.48. The van der Waals surface area contributed by atoms with E-state index in [1.165, 1.54) is 0 Å². The average molecular weight is 1060 g/mol. The maximum atomic E-state index is 7.56. The molecule has 408 valence electrons. The Morgan fingerprint density at radius 1 is 0.304 bits per heavy atom. The molecule has 10 rings (SSSR count). The molecular weight excluding hydrogens is 993 g/mol. The Hall–Kier alpha value is -6.68. The van der Waals surface area contributed by atoms with Gasteiger partial charge in [0, 0.05) is 7.11 Å². The van der Waals surface area contributed by atoms with Crippen LogP contribution in [-0.4, -0.2) is 81.7 Å². The van der Waals surface area contributed by atoms with Gasteiger partial charge >= 0.3 is 0 Å². The lowest BCUT2D eigenvalue weighted by atomic mass is 9.95. The maximum absolute atomic E-state index is 7.56. The van der Waals surface area contributed by atoms with Crippen LogP contribution in [0.3, 0.4) is 0 Å². The summed E-state index contributed by atoms with van der Waals surface area (Å²) in [5.41, 5.74) is 7.86. The Labute approximate surface area is 464 Å². The summed E-state index contributed by atoms with van der Waals surface area (Å²) in [6, 6.07) is 80.8. The predicted molar refractivity (Wildman–Crippen MR) is 301 cm³/mol. The van der Waals surface area contributed by atoms with Crippen LogP contribution < -0.4 is 0 Å². The minimum Gasteiger partial charge on any atom is -0.374 e. The summed E-state index contributed by atoms with van der Waals surface area (Å²) in [4.78, 5) is 0. The van der Waals surface area contributed by atoms with Crippen LogP contribution in [0.15, 0.2) is 243 Å². The molecule has 0 bridgehead atoms. The van der Waals surface area contributed by atoms with Gasteiger partial charge in [0.2, 0.25) is 0 Å². The molecule has 0 aliphatic carbocycles. The van der Waals surface area contributed by atoms with E-state index < -0.39 is 67.5 Å². The van der Waals surface area contributed by atoms with Crippen molar-refractivity contribution in [3.63, 3.8) is 0 Å². The maximum Gasteiger partial charge on any atom is 0.187 e. The monoisotopic (exact) mass is 1060 g/mol. The van der Waals surface area contributed by atoms with Gasteiger partial charge in [-0.25, -0.2) is 0 Å². The predicted octanol–water partition coefficient (Wildman–Crippen LogP) is 12.4. The Kier molecular flexibility index (Phi) is 20.8. The number of methoxy groups -OCH3 is 1. The van der Waals surface area contributed by atoms with Gasteiger partial charge in [-0.1, -0.05) is 243 Å². The van der Waals surface area contributed by atoms with Gasteiger partial charge in [0.25, 0.3) is 0 Å². The number of hydrogen-bond donors (Lipinski definition) is 0. The van der Waals surface area contributed by atoms with Gasteiger partial charge in [-0.3, -0.25) is 0 Å². The van der Waals surface area contributed by atoms with Gasteiger partial charge in [-0.2, -0.15) is 0 Å². The van der Waals surface area contributed by atoms with Crippen LogP contribution in [-0.2, 0) is 91.7 Å². The Morgan fingerprint density at radius 2 is 0.608 bits per heavy atom. The topological polar surface area (TPSA) is 102 Å². The van der Waals surface area contributed by atoms with Crippen LogP contribution in [0, 0.1) is 0 Å². The molecule has 2 fully saturated rings. The average Bonchev–Trinajstić information content (AvgIpc) is 3.53. The second-order valence-electron chi connectivity index (χ2n) is 19.8. The van der Waals surface area contributed by atoms with E-state index in [4.69, 9.17) is 52.1 Å². The third-order valence-corrected chi connectivity index (χ3v) is 14.2. The van der Waals surface area contributed by atoms with Crippen molar-refractivity contribution in [3.05, 3.63) is 287 Å². The third kappa shape index (κ3) is 15.8. The molecule has 0 unspecified atom stereocenters. The van der Waals surface area contributed by atoms with Crippen LogP contribution >= 0.6 is 0 Å². The fraction of sp³-hybridized carbons (Fsp3) is 0.294. The molecule has 2 heterocycles. The van der Waals surface area contributed by atoms with E-state index in [0.717, 1.165) is 44.5 Å². The molecule has 0 spiro atoms. The van der Waals surface area contributed by atoms with E-state index in [1.807, 2.05) is 206 Å². The molecule has 0 amide bonds. The molecule has 10 atom stereocenters. The molecule has 8 aromatic rings. The van der Waals surface area contributed by atoms with Crippen molar-refractivity contribution >= 4 is 0 Å². The lowest BCUT2D eigenvalue weighted by molar-refractivity contribution is -0.352. The standard InChI is InChI=1S/C68H70O11/c1-69-67-65(75-47-55-36-20-7-21-37-55)63(73-45-53-32-16-5-17-33-53)62(72-44-52-30-14-4-15-31-52)59(77-67)49-76-68-66(79-60(56-38-22-8-23-39-56)57-40-24-9-25-41-57)64(74-46-54-34-18-6-19-35-54)61(71-43-51-28-12-3-13-29-51)58(78-68)48-70-42-50-26-10-2-11-27-50/h2-41,58-68H,42-49H2,1H3/t58-,59-,61-,62-,63+,64+,65-,66+,67+,68-/m1/s1. The van der Waals surface area contributed by atoms with Gasteiger partial charge in [-0.15, -0.1) is 0 Å². The molecule has 0 saturated carbocycles. The van der Waals surface area contributed by atoms with Gasteiger partial charge in [0.1, 0.15) is 54.9 Å². The summed E-state index contributed by atoms with van der Waals surface area (Å²) >= 11 is 0. The van der Waals surface area contributed by atoms with E-state index in [2.05, 4.69) is 36.4 Å². The Morgan fingerprint density at radius 3 is 0.987 bits per heavy atom. The number of ether oxygens (including phenoxy) is 11. The normalized spacial score (nSPS) is 23.1. The Balaban J connectivity index is 1.03. The first-order valence-electron chi connectivity index (χ1n) is 27.2. The first-order chi connectivity index (χ1) is 39.1. The SMILES string of the molecule is CO[C@H]1O[C@H](CO[C@@H]2O[C@H](COCc3ccccc3)[C@@H](OCc3ccccc3)[C@H](OCc3ccccc3)[C@@H]2OC(c2ccccc2)c2ccccc2)[C@@H](OCc2ccccc2)[C@H](OCc2ccccc2)[C@H]1OCc1ccccc1. The number of hydrogen-bond acceptors (Lipinski definition) is 11. The van der Waals surface area contributed by atoms with Gasteiger partial charge in [0.05, 0.1) is 52.9 Å². The van der Waals surface area contributed by atoms with Crippen LogP contribution in [0.2, 0.25) is 0 Å². The number of rotatable bonds is 27. The van der Waals surface area contributed by atoms with Crippen molar-refractivity contribution in [2.45, 2.75) is 107 Å². The Bertz CT molecular complexity index is 2870. The fourth-order valence-electron chi connectivity index (χ4n) is 10.1. The van der Waals surface area contributed by atoms with Gasteiger partial charge in [-0.05, 0) is 44.5 Å². The van der Waals surface area contributed by atoms with Gasteiger partial charge in [0.15, 0.2) is 12.6 Å². The quantitative estimate of drug-likeness (QED) is 0.0492. The lowest BCUT2D eigenvalue weighted by Crippen LogP contribution is -2.64. The summed E-state index contributed by atoms with van der Waals surface area (Å²) in [5, 5.41) is 0. The molecule has 0 N–H and O–H groups in total. The summed E-state index contributed by atoms with van der Waals surface area (Å²) < 4.78 is 76.9. The van der Waals surface area contributed by atoms with E-state index in [0.29, 0.717) is 6.61 Å². The van der Waals surface area contributed by atoms with Crippen molar-refractivity contribution < 1.29 is 52.1 Å². The van der Waals surface area contributed by atoms with Crippen molar-refractivity contribution in [2.75, 3.05) is 20.3 Å². The molecule has 0 radical (unpaired) electrons. The van der Waals surface area contributed by atoms with E-state index in [1.54, 1.807) is 7.11 Å². The molecule has 79 heavy (non-hydrogen) atoms. The molecule has 2 saturated heterocycles. The summed E-state index contributed by atoms with van der Waals surface area (Å²) in [6.45, 7) is 1.82. The minimum absolute atomic E-state index is 0.0413. The highest BCUT2D eigenvalue weighted by molar-refractivity contribution is 5.30. The highest BCUT2D eigenvalue weighted by atomic mass is 16.8. The van der Waals surface area contributed by atoms with Crippen LogP contribution in [0.4, 0.5) is 0 Å². The second kappa shape index (κ2) is 29.5. The zero-order chi connectivity index (χ0) is 53.7.